The number of fused-ring (bicyclic) bond motifs is 6. The molecule has 64 heavy (non-hydrogen) atoms. The zero-order valence-corrected chi connectivity index (χ0v) is 36.2. The summed E-state index contributed by atoms with van der Waals surface area (Å²) in [4.78, 5) is 83.4. The van der Waals surface area contributed by atoms with E-state index in [1.807, 2.05) is 0 Å². The van der Waals surface area contributed by atoms with Gasteiger partial charge in [-0.05, 0) is 57.9 Å². The van der Waals surface area contributed by atoms with E-state index >= 15 is 0 Å². The van der Waals surface area contributed by atoms with Crippen molar-refractivity contribution in [1.29, 1.82) is 0 Å². The van der Waals surface area contributed by atoms with Crippen LogP contribution in [0.25, 0.3) is 0 Å². The maximum Gasteiger partial charge on any atom is 0.232 e. The van der Waals surface area contributed by atoms with Gasteiger partial charge in [0.2, 0.25) is 17.6 Å². The molecule has 9 rings (SSSR count). The monoisotopic (exact) mass is 890 g/mol. The molecular weight excluding hydrogens is 837 g/mol. The Balaban J connectivity index is 0.957. The molecule has 2 aromatic rings. The second-order valence-electron chi connectivity index (χ2n) is 18.4. The van der Waals surface area contributed by atoms with Crippen LogP contribution in [0.4, 0.5) is 0 Å². The number of morpholine rings is 1. The van der Waals surface area contributed by atoms with Crippen molar-refractivity contribution in [2.45, 2.75) is 127 Å². The minimum Gasteiger partial charge on any atom is -0.507 e. The lowest BCUT2D eigenvalue weighted by Crippen LogP contribution is -2.58. The molecule has 18 nitrogen and oxygen atoms in total. The number of carbonyl (C=O) groups excluding carboxylic acids is 6. The molecule has 4 heterocycles. The number of aliphatic hydroxyl groups excluding tert-OH is 1. The SMILES string of the molecule is COc1cccc2c1C(=O)c1c(O)c3c(c(O)c1C2=O)C[C@@](O)(C(=O)CO)C[C@@H]3O[C@H]1C[C@H]2[C@H](O[C@@H]3[C@@H](OC)OC(CC4CC(=O)N(CC5CCC(C(C)=O)CC5)C4=O)CN32)[C@H](C)O1. The van der Waals surface area contributed by atoms with Crippen LogP contribution in [0.5, 0.6) is 17.2 Å². The van der Waals surface area contributed by atoms with Gasteiger partial charge in [-0.2, -0.15) is 0 Å². The lowest BCUT2D eigenvalue weighted by molar-refractivity contribution is -0.273. The van der Waals surface area contributed by atoms with Crippen LogP contribution in [0.2, 0.25) is 0 Å². The van der Waals surface area contributed by atoms with Crippen LogP contribution in [0.3, 0.4) is 0 Å². The van der Waals surface area contributed by atoms with Crippen molar-refractivity contribution in [1.82, 2.24) is 9.80 Å². The zero-order chi connectivity index (χ0) is 45.5. The summed E-state index contributed by atoms with van der Waals surface area (Å²) in [6.07, 6.45) is -3.27. The van der Waals surface area contributed by atoms with E-state index in [0.717, 1.165) is 25.7 Å². The predicted molar refractivity (Wildman–Crippen MR) is 218 cm³/mol. The number of hydrogen-bond donors (Lipinski definition) is 4. The quantitative estimate of drug-likeness (QED) is 0.159. The van der Waals surface area contributed by atoms with E-state index in [-0.39, 0.29) is 82.7 Å². The Morgan fingerprint density at radius 3 is 2.38 bits per heavy atom. The van der Waals surface area contributed by atoms with Gasteiger partial charge in [0.25, 0.3) is 0 Å². The minimum atomic E-state index is -2.31. The number of nitrogens with zero attached hydrogens (tertiary/aromatic N) is 2. The zero-order valence-electron chi connectivity index (χ0n) is 36.2. The molecule has 0 bridgehead atoms. The van der Waals surface area contributed by atoms with Gasteiger partial charge in [-0.25, -0.2) is 0 Å². The molecule has 2 amide bonds. The number of Topliss-reactive ketones (excluding diaryl/α,β-unsaturated/α-hetero) is 2. The van der Waals surface area contributed by atoms with Crippen molar-refractivity contribution < 1.29 is 77.6 Å². The number of methoxy groups -OCH3 is 2. The lowest BCUT2D eigenvalue weighted by Gasteiger charge is -2.44. The maximum absolute atomic E-state index is 14.1. The fraction of sp³-hybridized carbons (Fsp3) is 0.609. The number of benzene rings is 2. The molecule has 344 valence electrons. The topological polar surface area (TPSA) is 245 Å². The molecule has 0 aromatic heterocycles. The van der Waals surface area contributed by atoms with Crippen molar-refractivity contribution in [2.24, 2.45) is 17.8 Å². The average Bonchev–Trinajstić information content (AvgIpc) is 3.78. The van der Waals surface area contributed by atoms with Gasteiger partial charge in [0, 0.05) is 80.5 Å². The van der Waals surface area contributed by atoms with Crippen molar-refractivity contribution in [3.8, 4) is 17.2 Å². The Morgan fingerprint density at radius 1 is 0.953 bits per heavy atom. The first-order chi connectivity index (χ1) is 30.6. The smallest absolute Gasteiger partial charge is 0.232 e. The second-order valence-corrected chi connectivity index (χ2v) is 18.4. The predicted octanol–water partition coefficient (Wildman–Crippen LogP) is 2.24. The third-order valence-electron chi connectivity index (χ3n) is 14.7. The summed E-state index contributed by atoms with van der Waals surface area (Å²) >= 11 is 0. The Hall–Kier alpha value is -4.66. The molecule has 4 aliphatic heterocycles. The molecule has 2 aromatic carbocycles. The highest BCUT2D eigenvalue weighted by Gasteiger charge is 2.57. The van der Waals surface area contributed by atoms with Crippen molar-refractivity contribution in [3.05, 3.63) is 51.6 Å². The molecule has 18 heteroatoms. The lowest BCUT2D eigenvalue weighted by atomic mass is 9.72. The summed E-state index contributed by atoms with van der Waals surface area (Å²) in [5, 5.41) is 45.4. The van der Waals surface area contributed by atoms with E-state index < -0.39 is 114 Å². The number of aliphatic hydroxyl groups is 2. The molecule has 3 aliphatic carbocycles. The Morgan fingerprint density at radius 2 is 1.69 bits per heavy atom. The van der Waals surface area contributed by atoms with Crippen LogP contribution in [-0.2, 0) is 49.3 Å². The average molecular weight is 891 g/mol. The summed E-state index contributed by atoms with van der Waals surface area (Å²) in [5.74, 6) is -4.57. The van der Waals surface area contributed by atoms with E-state index in [4.69, 9.17) is 28.4 Å². The highest BCUT2D eigenvalue weighted by atomic mass is 16.7. The highest BCUT2D eigenvalue weighted by molar-refractivity contribution is 6.31. The number of phenolic OH excluding ortho intramolecular Hbond substituents is 2. The molecule has 7 aliphatic rings. The second kappa shape index (κ2) is 17.0. The van der Waals surface area contributed by atoms with Crippen LogP contribution in [0.1, 0.15) is 114 Å². The number of amides is 2. The molecule has 0 radical (unpaired) electrons. The van der Waals surface area contributed by atoms with Gasteiger partial charge in [-0.1, -0.05) is 12.1 Å². The largest absolute Gasteiger partial charge is 0.507 e. The van der Waals surface area contributed by atoms with Crippen molar-refractivity contribution in [3.63, 3.8) is 0 Å². The van der Waals surface area contributed by atoms with Crippen LogP contribution in [-0.4, -0.2) is 148 Å². The number of likely N-dealkylation sites (tertiary alicyclic amines) is 1. The van der Waals surface area contributed by atoms with E-state index in [0.29, 0.717) is 13.1 Å². The van der Waals surface area contributed by atoms with Gasteiger partial charge >= 0.3 is 0 Å². The van der Waals surface area contributed by atoms with E-state index in [9.17, 15) is 49.2 Å². The number of ketones is 4. The van der Waals surface area contributed by atoms with Gasteiger partial charge in [0.15, 0.2) is 30.4 Å². The normalized spacial score (nSPS) is 34.8. The molecular formula is C46H54N2O16. The van der Waals surface area contributed by atoms with Gasteiger partial charge in [-0.3, -0.25) is 38.6 Å². The van der Waals surface area contributed by atoms with Gasteiger partial charge in [-0.15, -0.1) is 0 Å². The van der Waals surface area contributed by atoms with E-state index in [2.05, 4.69) is 4.90 Å². The van der Waals surface area contributed by atoms with Gasteiger partial charge in [0.1, 0.15) is 41.3 Å². The third kappa shape index (κ3) is 7.35. The number of ether oxygens (including phenoxy) is 6. The van der Waals surface area contributed by atoms with Crippen LogP contribution in [0, 0.1) is 17.8 Å². The molecule has 5 fully saturated rings. The summed E-state index contributed by atoms with van der Waals surface area (Å²) in [5.41, 5.74) is -3.79. The Kier molecular flexibility index (Phi) is 11.8. The number of carbonyl (C=O) groups is 6. The minimum absolute atomic E-state index is 0.0362. The summed E-state index contributed by atoms with van der Waals surface area (Å²) in [6, 6.07) is 3.99. The number of hydrogen-bond acceptors (Lipinski definition) is 17. The highest BCUT2D eigenvalue weighted by Crippen LogP contribution is 2.53. The molecule has 2 unspecified atom stereocenters. The molecule has 4 N–H and O–H groups in total. The molecule has 4 saturated heterocycles. The first kappa shape index (κ1) is 44.5. The molecule has 10 atom stereocenters. The van der Waals surface area contributed by atoms with Crippen LogP contribution >= 0.6 is 0 Å². The summed E-state index contributed by atoms with van der Waals surface area (Å²) in [7, 11) is 2.81. The fourth-order valence-electron chi connectivity index (χ4n) is 11.4. The van der Waals surface area contributed by atoms with Gasteiger partial charge < -0.3 is 48.8 Å². The maximum atomic E-state index is 14.1. The van der Waals surface area contributed by atoms with Crippen LogP contribution in [0.15, 0.2) is 18.2 Å². The third-order valence-corrected chi connectivity index (χ3v) is 14.7. The van der Waals surface area contributed by atoms with Crippen molar-refractivity contribution in [2.75, 3.05) is 33.9 Å². The van der Waals surface area contributed by atoms with E-state index in [1.54, 1.807) is 13.8 Å². The number of imide groups is 1. The summed E-state index contributed by atoms with van der Waals surface area (Å²) in [6.45, 7) is 2.98. The Labute approximate surface area is 368 Å². The first-order valence-electron chi connectivity index (χ1n) is 22.1. The molecule has 1 saturated carbocycles. The van der Waals surface area contributed by atoms with Crippen molar-refractivity contribution >= 4 is 34.9 Å². The number of aromatic hydroxyl groups is 2. The molecule has 0 spiro atoms. The Bertz CT molecular complexity index is 2290. The fourth-order valence-corrected chi connectivity index (χ4v) is 11.4. The van der Waals surface area contributed by atoms with Gasteiger partial charge in [0.05, 0.1) is 42.1 Å². The standard InChI is InChI=1S/C46H54N2O16/c1-20(50)23-10-8-22(9-11-23)17-48-32(52)13-24(43(48)57)12-25-18-47-28-14-33(61-21(2)42(28)64-44(47)45(60-4)62-25)63-30-16-46(58,31(51)19-49)15-27-35(30)41(56)37-36(39(27)54)38(53)26-6-5-7-29(59-3)34(26)40(37)55/h5-7,21-25,28,30,33,42,44-45,49,54,56,58H,8-19H2,1-4H3/t21-,22?,23?,24?,25?,28-,30-,33-,42+,44+,45-,46-/m0/s1. The summed E-state index contributed by atoms with van der Waals surface area (Å²) < 4.78 is 36.9. The van der Waals surface area contributed by atoms with E-state index in [1.165, 1.54) is 37.3 Å². The first-order valence-corrected chi connectivity index (χ1v) is 22.1. The number of rotatable bonds is 11. The number of phenols is 2. The van der Waals surface area contributed by atoms with Crippen LogP contribution < -0.4 is 4.74 Å².